The lowest BCUT2D eigenvalue weighted by atomic mass is 9.93. The number of thiophene rings is 1. The van der Waals surface area contributed by atoms with Crippen LogP contribution < -0.4 is 5.32 Å². The van der Waals surface area contributed by atoms with Crippen molar-refractivity contribution in [2.45, 2.75) is 31.8 Å². The Hall–Kier alpha value is -1.79. The van der Waals surface area contributed by atoms with Crippen LogP contribution >= 0.6 is 11.3 Å². The first-order valence-electron chi connectivity index (χ1n) is 8.57. The molecular weight excluding hydrogens is 342 g/mol. The summed E-state index contributed by atoms with van der Waals surface area (Å²) in [7, 11) is 0. The molecule has 2 heterocycles. The second-order valence-electron chi connectivity index (χ2n) is 7.03. The number of carbonyl (C=O) groups is 1. The maximum absolute atomic E-state index is 13.6. The summed E-state index contributed by atoms with van der Waals surface area (Å²) in [5.74, 6) is -2.12. The molecule has 2 aromatic rings. The second-order valence-corrected chi connectivity index (χ2v) is 7.81. The zero-order valence-electron chi connectivity index (χ0n) is 13.8. The topological polar surface area (TPSA) is 32.3 Å². The standard InChI is InChI=1S/C19H20F2N2OS/c20-15-2-1-14(9-16(15)21)18(24)23(11-13-3-8-25-12-13)17-10-19(17)4-6-22-7-5-19/h1-3,8-9,12,17,22H,4-7,10-11H2/t17-/m1/s1. The molecule has 132 valence electrons. The van der Waals surface area contributed by atoms with Crippen LogP contribution in [0.5, 0.6) is 0 Å². The molecule has 2 aliphatic rings. The number of carbonyl (C=O) groups excluding carboxylic acids is 1. The van der Waals surface area contributed by atoms with Gasteiger partial charge in [-0.05, 0) is 78.4 Å². The number of hydrogen-bond donors (Lipinski definition) is 1. The van der Waals surface area contributed by atoms with Crippen LogP contribution in [0.4, 0.5) is 8.78 Å². The van der Waals surface area contributed by atoms with Crippen molar-refractivity contribution in [2.24, 2.45) is 5.41 Å². The predicted octanol–water partition coefficient (Wildman–Crippen LogP) is 3.81. The summed E-state index contributed by atoms with van der Waals surface area (Å²) in [5, 5.41) is 7.39. The monoisotopic (exact) mass is 362 g/mol. The van der Waals surface area contributed by atoms with Crippen molar-refractivity contribution >= 4 is 17.2 Å². The van der Waals surface area contributed by atoms with Crippen LogP contribution in [0.15, 0.2) is 35.0 Å². The minimum absolute atomic E-state index is 0.176. The van der Waals surface area contributed by atoms with Crippen molar-refractivity contribution in [3.63, 3.8) is 0 Å². The molecule has 1 aliphatic heterocycles. The summed E-state index contributed by atoms with van der Waals surface area (Å²) >= 11 is 1.60. The Labute approximate surface area is 149 Å². The van der Waals surface area contributed by atoms with Crippen molar-refractivity contribution in [1.82, 2.24) is 10.2 Å². The van der Waals surface area contributed by atoms with Crippen LogP contribution in [0.3, 0.4) is 0 Å². The van der Waals surface area contributed by atoms with Crippen LogP contribution in [-0.2, 0) is 6.54 Å². The van der Waals surface area contributed by atoms with Gasteiger partial charge in [0.2, 0.25) is 0 Å². The largest absolute Gasteiger partial charge is 0.331 e. The highest BCUT2D eigenvalue weighted by molar-refractivity contribution is 7.07. The first kappa shape index (κ1) is 16.7. The Morgan fingerprint density at radius 3 is 2.72 bits per heavy atom. The molecule has 1 amide bonds. The first-order valence-corrected chi connectivity index (χ1v) is 9.51. The number of piperidine rings is 1. The molecule has 1 aromatic heterocycles. The van der Waals surface area contributed by atoms with E-state index in [9.17, 15) is 13.6 Å². The van der Waals surface area contributed by atoms with Gasteiger partial charge in [-0.2, -0.15) is 11.3 Å². The number of benzene rings is 1. The first-order chi connectivity index (χ1) is 12.1. The summed E-state index contributed by atoms with van der Waals surface area (Å²) in [6.07, 6.45) is 3.11. The SMILES string of the molecule is O=C(c1ccc(F)c(F)c1)N(Cc1ccsc1)[C@@H]1CC12CCNCC2. The summed E-state index contributed by atoms with van der Waals surface area (Å²) in [4.78, 5) is 14.9. The van der Waals surface area contributed by atoms with E-state index in [0.29, 0.717) is 6.54 Å². The highest BCUT2D eigenvalue weighted by atomic mass is 32.1. The van der Waals surface area contributed by atoms with Crippen molar-refractivity contribution in [1.29, 1.82) is 0 Å². The van der Waals surface area contributed by atoms with Gasteiger partial charge in [-0.25, -0.2) is 8.78 Å². The van der Waals surface area contributed by atoms with E-state index in [4.69, 9.17) is 0 Å². The Kier molecular flexibility index (Phi) is 4.33. The third-order valence-corrected chi connectivity index (χ3v) is 6.21. The van der Waals surface area contributed by atoms with Crippen molar-refractivity contribution in [3.8, 4) is 0 Å². The molecule has 0 unspecified atom stereocenters. The van der Waals surface area contributed by atoms with E-state index in [2.05, 4.69) is 5.32 Å². The van der Waals surface area contributed by atoms with Crippen LogP contribution in [0.2, 0.25) is 0 Å². The Morgan fingerprint density at radius 1 is 1.24 bits per heavy atom. The number of rotatable bonds is 4. The molecule has 0 bridgehead atoms. The van der Waals surface area contributed by atoms with Crippen LogP contribution in [0, 0.1) is 17.0 Å². The number of hydrogen-bond acceptors (Lipinski definition) is 3. The van der Waals surface area contributed by atoms with Gasteiger partial charge in [-0.15, -0.1) is 0 Å². The molecule has 1 saturated heterocycles. The fourth-order valence-electron chi connectivity index (χ4n) is 3.93. The quantitative estimate of drug-likeness (QED) is 0.897. The minimum Gasteiger partial charge on any atom is -0.331 e. The molecule has 1 aliphatic carbocycles. The smallest absolute Gasteiger partial charge is 0.254 e. The summed E-state index contributed by atoms with van der Waals surface area (Å²) in [6, 6.07) is 5.59. The molecule has 6 heteroatoms. The lowest BCUT2D eigenvalue weighted by molar-refractivity contribution is 0.0692. The van der Waals surface area contributed by atoms with Gasteiger partial charge >= 0.3 is 0 Å². The zero-order valence-corrected chi connectivity index (χ0v) is 14.6. The van der Waals surface area contributed by atoms with Gasteiger partial charge in [0.25, 0.3) is 5.91 Å². The third-order valence-electron chi connectivity index (χ3n) is 5.48. The average molecular weight is 362 g/mol. The lowest BCUT2D eigenvalue weighted by Gasteiger charge is -2.29. The number of amides is 1. The lowest BCUT2D eigenvalue weighted by Crippen LogP contribution is -2.39. The van der Waals surface area contributed by atoms with Gasteiger partial charge < -0.3 is 10.2 Å². The fraction of sp³-hybridized carbons (Fsp3) is 0.421. The van der Waals surface area contributed by atoms with Gasteiger partial charge in [0.05, 0.1) is 0 Å². The van der Waals surface area contributed by atoms with Crippen molar-refractivity contribution in [3.05, 3.63) is 57.8 Å². The molecule has 1 atom stereocenters. The normalized spacial score (nSPS) is 21.3. The maximum atomic E-state index is 13.6. The predicted molar refractivity (Wildman–Crippen MR) is 93.5 cm³/mol. The number of halogens is 2. The van der Waals surface area contributed by atoms with Crippen molar-refractivity contribution < 1.29 is 13.6 Å². The van der Waals surface area contributed by atoms with Crippen LogP contribution in [0.25, 0.3) is 0 Å². The Bertz CT molecular complexity index is 772. The van der Waals surface area contributed by atoms with Gasteiger partial charge in [0.1, 0.15) is 0 Å². The van der Waals surface area contributed by atoms with Crippen molar-refractivity contribution in [2.75, 3.05) is 13.1 Å². The Balaban J connectivity index is 1.61. The van der Waals surface area contributed by atoms with E-state index >= 15 is 0 Å². The molecular formula is C19H20F2N2OS. The van der Waals surface area contributed by atoms with Crippen LogP contribution in [-0.4, -0.2) is 29.9 Å². The molecule has 1 saturated carbocycles. The van der Waals surface area contributed by atoms with E-state index in [1.54, 1.807) is 11.3 Å². The van der Waals surface area contributed by atoms with Gasteiger partial charge in [-0.3, -0.25) is 4.79 Å². The second kappa shape index (κ2) is 6.50. The zero-order chi connectivity index (χ0) is 17.4. The molecule has 0 radical (unpaired) electrons. The van der Waals surface area contributed by atoms with Crippen LogP contribution in [0.1, 0.15) is 35.2 Å². The van der Waals surface area contributed by atoms with E-state index < -0.39 is 11.6 Å². The summed E-state index contributed by atoms with van der Waals surface area (Å²) < 4.78 is 26.8. The maximum Gasteiger partial charge on any atom is 0.254 e. The fourth-order valence-corrected chi connectivity index (χ4v) is 4.59. The van der Waals surface area contributed by atoms with E-state index in [-0.39, 0.29) is 22.9 Å². The highest BCUT2D eigenvalue weighted by Crippen LogP contribution is 2.56. The highest BCUT2D eigenvalue weighted by Gasteiger charge is 2.57. The van der Waals surface area contributed by atoms with Gasteiger partial charge in [0, 0.05) is 18.2 Å². The van der Waals surface area contributed by atoms with E-state index in [1.165, 1.54) is 6.07 Å². The summed E-state index contributed by atoms with van der Waals surface area (Å²) in [5.41, 5.74) is 1.48. The number of nitrogens with zero attached hydrogens (tertiary/aromatic N) is 1. The molecule has 3 nitrogen and oxygen atoms in total. The molecule has 1 N–H and O–H groups in total. The molecule has 1 aromatic carbocycles. The Morgan fingerprint density at radius 2 is 2.04 bits per heavy atom. The van der Waals surface area contributed by atoms with E-state index in [1.807, 2.05) is 21.7 Å². The average Bonchev–Trinajstić information content (AvgIpc) is 3.06. The van der Waals surface area contributed by atoms with E-state index in [0.717, 1.165) is 50.0 Å². The third kappa shape index (κ3) is 3.20. The van der Waals surface area contributed by atoms with Gasteiger partial charge in [-0.1, -0.05) is 0 Å². The number of nitrogens with one attached hydrogen (secondary N) is 1. The molecule has 2 fully saturated rings. The molecule has 1 spiro atoms. The van der Waals surface area contributed by atoms with Gasteiger partial charge in [0.15, 0.2) is 11.6 Å². The molecule has 4 rings (SSSR count). The minimum atomic E-state index is -0.978. The summed E-state index contributed by atoms with van der Waals surface area (Å²) in [6.45, 7) is 2.46. The molecule has 25 heavy (non-hydrogen) atoms.